The zero-order chi connectivity index (χ0) is 28.4. The average molecular weight is 582 g/mol. The van der Waals surface area contributed by atoms with Crippen molar-refractivity contribution in [2.24, 2.45) is 0 Å². The summed E-state index contributed by atoms with van der Waals surface area (Å²) in [6.07, 6.45) is 3.54. The Kier molecular flexibility index (Phi) is 11.3. The normalized spacial score (nSPS) is 16.1. The van der Waals surface area contributed by atoms with Crippen molar-refractivity contribution in [3.63, 3.8) is 0 Å². The van der Waals surface area contributed by atoms with Gasteiger partial charge in [-0.2, -0.15) is 0 Å². The second kappa shape index (κ2) is 15.3. The molecule has 0 saturated heterocycles. The van der Waals surface area contributed by atoms with E-state index in [0.29, 0.717) is 30.5 Å². The maximum atomic E-state index is 13.2. The third kappa shape index (κ3) is 8.78. The quantitative estimate of drug-likeness (QED) is 0.152. The zero-order valence-electron chi connectivity index (χ0n) is 24.1. The molecule has 0 spiro atoms. The highest BCUT2D eigenvalue weighted by molar-refractivity contribution is 5.97. The van der Waals surface area contributed by atoms with Crippen LogP contribution in [0.2, 0.25) is 0 Å². The second-order valence-electron chi connectivity index (χ2n) is 11.0. The third-order valence-corrected chi connectivity index (χ3v) is 7.81. The number of hydrogen-bond acceptors (Lipinski definition) is 3. The van der Waals surface area contributed by atoms with Crippen LogP contribution in [0.1, 0.15) is 58.6 Å². The fraction of sp³-hybridized carbons (Fsp3) is 0.278. The van der Waals surface area contributed by atoms with Gasteiger partial charge in [-0.1, -0.05) is 103 Å². The van der Waals surface area contributed by atoms with Crippen LogP contribution in [0.5, 0.6) is 0 Å². The number of nitrogens with one attached hydrogen (secondary N) is 3. The monoisotopic (exact) mass is 581 g/mol. The Morgan fingerprint density at radius 2 is 1.43 bits per heavy atom. The van der Waals surface area contributed by atoms with E-state index in [1.807, 2.05) is 85.8 Å². The van der Waals surface area contributed by atoms with Gasteiger partial charge in [0.1, 0.15) is 6.04 Å². The first-order valence-corrected chi connectivity index (χ1v) is 14.6. The van der Waals surface area contributed by atoms with Crippen LogP contribution in [-0.2, 0) is 11.3 Å². The Labute approximate surface area is 255 Å². The maximum Gasteiger partial charge on any atom is 0.251 e. The van der Waals surface area contributed by atoms with E-state index in [1.54, 1.807) is 0 Å². The third-order valence-electron chi connectivity index (χ3n) is 7.81. The van der Waals surface area contributed by atoms with E-state index in [9.17, 15) is 9.59 Å². The van der Waals surface area contributed by atoms with Crippen molar-refractivity contribution in [1.82, 2.24) is 16.0 Å². The molecule has 6 heteroatoms. The molecular weight excluding hydrogens is 542 g/mol. The first-order chi connectivity index (χ1) is 20.1. The Morgan fingerprint density at radius 1 is 0.786 bits per heavy atom. The number of carbonyl (C=O) groups is 2. The number of rotatable bonds is 13. The summed E-state index contributed by atoms with van der Waals surface area (Å²) in [4.78, 5) is 26.4. The summed E-state index contributed by atoms with van der Waals surface area (Å²) in [7, 11) is 0. The fourth-order valence-corrected chi connectivity index (χ4v) is 5.22. The molecule has 0 aromatic heterocycles. The average Bonchev–Trinajstić information content (AvgIpc) is 3.80. The summed E-state index contributed by atoms with van der Waals surface area (Å²) in [5.41, 5.74) is 6.30. The minimum Gasteiger partial charge on any atom is -0.350 e. The number of unbranched alkanes of at least 4 members (excludes halogenated alkanes) is 1. The van der Waals surface area contributed by atoms with Crippen molar-refractivity contribution < 1.29 is 9.59 Å². The highest BCUT2D eigenvalue weighted by Crippen LogP contribution is 2.40. The van der Waals surface area contributed by atoms with Gasteiger partial charge in [0.15, 0.2) is 0 Å². The van der Waals surface area contributed by atoms with Crippen LogP contribution in [0.25, 0.3) is 11.1 Å². The van der Waals surface area contributed by atoms with Crippen LogP contribution >= 0.6 is 12.4 Å². The molecule has 3 atom stereocenters. The summed E-state index contributed by atoms with van der Waals surface area (Å²) in [6.45, 7) is 3.38. The largest absolute Gasteiger partial charge is 0.350 e. The Balaban J connectivity index is 0.00000405. The topological polar surface area (TPSA) is 70.2 Å². The lowest BCUT2D eigenvalue weighted by atomic mass is 10.0. The zero-order valence-corrected chi connectivity index (χ0v) is 24.9. The Bertz CT molecular complexity index is 1410. The second-order valence-corrected chi connectivity index (χ2v) is 11.0. The van der Waals surface area contributed by atoms with E-state index in [4.69, 9.17) is 0 Å². The minimum absolute atomic E-state index is 0. The molecule has 3 N–H and O–H groups in total. The number of benzene rings is 4. The summed E-state index contributed by atoms with van der Waals surface area (Å²) in [5, 5.41) is 9.69. The van der Waals surface area contributed by atoms with Crippen LogP contribution < -0.4 is 16.0 Å². The van der Waals surface area contributed by atoms with Crippen molar-refractivity contribution in [2.75, 3.05) is 6.54 Å². The van der Waals surface area contributed by atoms with Gasteiger partial charge in [-0.3, -0.25) is 9.59 Å². The van der Waals surface area contributed by atoms with Crippen LogP contribution in [0.15, 0.2) is 109 Å². The Morgan fingerprint density at radius 3 is 2.12 bits per heavy atom. The van der Waals surface area contributed by atoms with E-state index in [2.05, 4.69) is 46.3 Å². The fourth-order valence-electron chi connectivity index (χ4n) is 5.22. The van der Waals surface area contributed by atoms with Gasteiger partial charge in [0.05, 0.1) is 0 Å². The molecule has 42 heavy (non-hydrogen) atoms. The van der Waals surface area contributed by atoms with Crippen LogP contribution in [-0.4, -0.2) is 30.4 Å². The number of aryl methyl sites for hydroxylation is 1. The van der Waals surface area contributed by atoms with Gasteiger partial charge < -0.3 is 16.0 Å². The molecule has 0 bridgehead atoms. The molecular formula is C36H40ClN3O2. The molecule has 2 amide bonds. The van der Waals surface area contributed by atoms with Crippen molar-refractivity contribution in [3.8, 4) is 11.1 Å². The number of amides is 2. The SMILES string of the molecule is Cc1ccc(CNC(=O)C(CCCCN[C@@H]2C[C@H]2c2ccccc2)NC(=O)c2ccc(-c3ccccc3)cc2)cc1.Cl. The number of carbonyl (C=O) groups excluding carboxylic acids is 2. The predicted molar refractivity (Wildman–Crippen MR) is 173 cm³/mol. The predicted octanol–water partition coefficient (Wildman–Crippen LogP) is 6.81. The van der Waals surface area contributed by atoms with Crippen LogP contribution in [0, 0.1) is 6.92 Å². The molecule has 1 unspecified atom stereocenters. The highest BCUT2D eigenvalue weighted by Gasteiger charge is 2.37. The molecule has 1 saturated carbocycles. The maximum absolute atomic E-state index is 13.2. The molecule has 0 heterocycles. The smallest absolute Gasteiger partial charge is 0.251 e. The molecule has 5 rings (SSSR count). The van der Waals surface area contributed by atoms with Gasteiger partial charge in [0, 0.05) is 24.1 Å². The van der Waals surface area contributed by atoms with Gasteiger partial charge in [-0.05, 0) is 73.5 Å². The van der Waals surface area contributed by atoms with Gasteiger partial charge >= 0.3 is 0 Å². The lowest BCUT2D eigenvalue weighted by molar-refractivity contribution is -0.123. The molecule has 4 aromatic rings. The minimum atomic E-state index is -0.597. The Hall–Kier alpha value is -3.93. The van der Waals surface area contributed by atoms with Gasteiger partial charge in [-0.25, -0.2) is 0 Å². The van der Waals surface area contributed by atoms with E-state index in [1.165, 1.54) is 17.5 Å². The lowest BCUT2D eigenvalue weighted by Gasteiger charge is -2.19. The number of halogens is 1. The lowest BCUT2D eigenvalue weighted by Crippen LogP contribution is -2.46. The molecule has 4 aromatic carbocycles. The van der Waals surface area contributed by atoms with Crippen molar-refractivity contribution in [3.05, 3.63) is 131 Å². The van der Waals surface area contributed by atoms with Gasteiger partial charge in [0.2, 0.25) is 5.91 Å². The molecule has 1 fully saturated rings. The first-order valence-electron chi connectivity index (χ1n) is 14.6. The van der Waals surface area contributed by atoms with Gasteiger partial charge in [0.25, 0.3) is 5.91 Å². The van der Waals surface area contributed by atoms with Crippen molar-refractivity contribution in [2.45, 2.75) is 57.2 Å². The van der Waals surface area contributed by atoms with Gasteiger partial charge in [-0.15, -0.1) is 12.4 Å². The van der Waals surface area contributed by atoms with Crippen LogP contribution in [0.3, 0.4) is 0 Å². The molecule has 1 aliphatic rings. The summed E-state index contributed by atoms with van der Waals surface area (Å²) in [5.74, 6) is 0.213. The van der Waals surface area contributed by atoms with E-state index < -0.39 is 6.04 Å². The van der Waals surface area contributed by atoms with E-state index in [-0.39, 0.29) is 24.2 Å². The summed E-state index contributed by atoms with van der Waals surface area (Å²) >= 11 is 0. The van der Waals surface area contributed by atoms with E-state index >= 15 is 0 Å². The summed E-state index contributed by atoms with van der Waals surface area (Å²) < 4.78 is 0. The molecule has 0 aliphatic heterocycles. The first kappa shape index (κ1) is 31.0. The van der Waals surface area contributed by atoms with Crippen molar-refractivity contribution in [1.29, 1.82) is 0 Å². The van der Waals surface area contributed by atoms with Crippen LogP contribution in [0.4, 0.5) is 0 Å². The van der Waals surface area contributed by atoms with E-state index in [0.717, 1.165) is 36.1 Å². The standard InChI is InChI=1S/C36H39N3O2.ClH/c1-26-15-17-27(18-16-26)25-38-36(41)33(14-8-9-23-37-34-24-32(34)30-12-6-3-7-13-30)39-35(40)31-21-19-29(20-22-31)28-10-4-2-5-11-28;/h2-7,10-13,15-22,32-34,37H,8-9,14,23-25H2,1H3,(H,38,41)(H,39,40);1H/t32-,33?,34+;/m0./s1. The molecule has 1 aliphatic carbocycles. The highest BCUT2D eigenvalue weighted by atomic mass is 35.5. The number of hydrogen-bond donors (Lipinski definition) is 3. The summed E-state index contributed by atoms with van der Waals surface area (Å²) in [6, 6.07) is 36.3. The van der Waals surface area contributed by atoms with Crippen molar-refractivity contribution >= 4 is 24.2 Å². The molecule has 218 valence electrons. The molecule has 0 radical (unpaired) electrons. The molecule has 5 nitrogen and oxygen atoms in total.